The first-order valence-electron chi connectivity index (χ1n) is 3.17. The van der Waals surface area contributed by atoms with Gasteiger partial charge in [0, 0.05) is 12.4 Å². The summed E-state index contributed by atoms with van der Waals surface area (Å²) in [5.41, 5.74) is 0.725. The summed E-state index contributed by atoms with van der Waals surface area (Å²) in [4.78, 5) is 0. The van der Waals surface area contributed by atoms with Gasteiger partial charge in [0.25, 0.3) is 0 Å². The topological polar surface area (TPSA) is 52.8 Å². The van der Waals surface area contributed by atoms with Gasteiger partial charge in [-0.25, -0.2) is 0 Å². The maximum absolute atomic E-state index is 8.40. The second-order valence-electron chi connectivity index (χ2n) is 1.97. The van der Waals surface area contributed by atoms with Crippen LogP contribution < -0.4 is 0 Å². The van der Waals surface area contributed by atoms with E-state index in [1.807, 2.05) is 0 Å². The molecule has 0 spiro atoms. The van der Waals surface area contributed by atoms with Crippen molar-refractivity contribution in [3.8, 4) is 0 Å². The second kappa shape index (κ2) is 6.89. The Hall–Kier alpha value is -0.220. The van der Waals surface area contributed by atoms with Gasteiger partial charge in [0.15, 0.2) is 0 Å². The molecule has 2 N–H and O–H groups in total. The lowest BCUT2D eigenvalue weighted by atomic mass is 10.5. The first-order valence-corrected chi connectivity index (χ1v) is 4.33. The summed E-state index contributed by atoms with van der Waals surface area (Å²) in [7, 11) is 0. The SMILES string of the molecule is C/C(CSCCCO)=N\O. The minimum absolute atomic E-state index is 0.238. The van der Waals surface area contributed by atoms with Crippen LogP contribution in [-0.4, -0.2) is 34.1 Å². The molecule has 0 heterocycles. The maximum Gasteiger partial charge on any atom is 0.0638 e. The smallest absolute Gasteiger partial charge is 0.0638 e. The van der Waals surface area contributed by atoms with Crippen LogP contribution in [0.15, 0.2) is 5.16 Å². The van der Waals surface area contributed by atoms with Crippen molar-refractivity contribution < 1.29 is 10.3 Å². The van der Waals surface area contributed by atoms with E-state index in [2.05, 4.69) is 5.16 Å². The highest BCUT2D eigenvalue weighted by Crippen LogP contribution is 2.01. The number of hydrogen-bond acceptors (Lipinski definition) is 4. The molecule has 0 aromatic heterocycles. The van der Waals surface area contributed by atoms with Crippen LogP contribution in [0.5, 0.6) is 0 Å². The average Bonchev–Trinajstić information content (AvgIpc) is 1.98. The monoisotopic (exact) mass is 163 g/mol. The first kappa shape index (κ1) is 9.78. The molecular formula is C6H13NO2S. The van der Waals surface area contributed by atoms with Gasteiger partial charge in [-0.15, -0.1) is 0 Å². The molecule has 0 radical (unpaired) electrons. The van der Waals surface area contributed by atoms with E-state index >= 15 is 0 Å². The van der Waals surface area contributed by atoms with Gasteiger partial charge in [-0.3, -0.25) is 0 Å². The quantitative estimate of drug-likeness (QED) is 0.274. The van der Waals surface area contributed by atoms with Crippen LogP contribution in [0.2, 0.25) is 0 Å². The Bertz CT molecular complexity index is 106. The van der Waals surface area contributed by atoms with Crippen LogP contribution in [-0.2, 0) is 0 Å². The van der Waals surface area contributed by atoms with Crippen LogP contribution in [0.3, 0.4) is 0 Å². The van der Waals surface area contributed by atoms with E-state index in [0.29, 0.717) is 0 Å². The van der Waals surface area contributed by atoms with Crippen molar-refractivity contribution in [3.05, 3.63) is 0 Å². The fourth-order valence-electron chi connectivity index (χ4n) is 0.415. The molecule has 0 fully saturated rings. The largest absolute Gasteiger partial charge is 0.411 e. The van der Waals surface area contributed by atoms with Crippen molar-refractivity contribution in [3.63, 3.8) is 0 Å². The van der Waals surface area contributed by atoms with E-state index in [1.54, 1.807) is 18.7 Å². The van der Waals surface area contributed by atoms with Gasteiger partial charge >= 0.3 is 0 Å². The first-order chi connectivity index (χ1) is 4.81. The Morgan fingerprint density at radius 3 is 2.80 bits per heavy atom. The summed E-state index contributed by atoms with van der Waals surface area (Å²) in [6.45, 7) is 2.01. The lowest BCUT2D eigenvalue weighted by Crippen LogP contribution is -1.96. The zero-order chi connectivity index (χ0) is 7.82. The highest BCUT2D eigenvalue weighted by atomic mass is 32.2. The number of aliphatic hydroxyl groups excluding tert-OH is 1. The van der Waals surface area contributed by atoms with Crippen LogP contribution >= 0.6 is 11.8 Å². The normalized spacial score (nSPS) is 12.0. The molecule has 10 heavy (non-hydrogen) atoms. The van der Waals surface area contributed by atoms with E-state index in [0.717, 1.165) is 23.6 Å². The maximum atomic E-state index is 8.40. The number of nitrogens with zero attached hydrogens (tertiary/aromatic N) is 1. The molecule has 0 bridgehead atoms. The van der Waals surface area contributed by atoms with Gasteiger partial charge in [0.05, 0.1) is 5.71 Å². The van der Waals surface area contributed by atoms with Crippen molar-refractivity contribution in [2.24, 2.45) is 5.16 Å². The van der Waals surface area contributed by atoms with Gasteiger partial charge < -0.3 is 10.3 Å². The van der Waals surface area contributed by atoms with Gasteiger partial charge in [0.2, 0.25) is 0 Å². The standard InChI is InChI=1S/C6H13NO2S/c1-6(7-9)5-10-4-2-3-8/h8-9H,2-5H2,1H3/b7-6+. The molecule has 60 valence electrons. The Morgan fingerprint density at radius 1 is 1.60 bits per heavy atom. The summed E-state index contributed by atoms with van der Waals surface area (Å²) < 4.78 is 0. The van der Waals surface area contributed by atoms with E-state index in [-0.39, 0.29) is 6.61 Å². The molecule has 0 unspecified atom stereocenters. The zero-order valence-corrected chi connectivity index (χ0v) is 6.89. The van der Waals surface area contributed by atoms with Crippen LogP contribution in [0.25, 0.3) is 0 Å². The third-order valence-electron chi connectivity index (χ3n) is 0.928. The summed E-state index contributed by atoms with van der Waals surface area (Å²) in [5.74, 6) is 1.67. The lowest BCUT2D eigenvalue weighted by Gasteiger charge is -1.96. The summed E-state index contributed by atoms with van der Waals surface area (Å²) in [6.07, 6.45) is 0.809. The van der Waals surface area contributed by atoms with Crippen LogP contribution in [0.1, 0.15) is 13.3 Å². The number of hydrogen-bond donors (Lipinski definition) is 2. The van der Waals surface area contributed by atoms with Crippen LogP contribution in [0, 0.1) is 0 Å². The molecule has 0 aliphatic carbocycles. The Morgan fingerprint density at radius 2 is 2.30 bits per heavy atom. The summed E-state index contributed by atoms with van der Waals surface area (Å²) >= 11 is 1.66. The Balaban J connectivity index is 3.04. The number of thioether (sulfide) groups is 1. The highest BCUT2D eigenvalue weighted by molar-refractivity contribution is 7.99. The fraction of sp³-hybridized carbons (Fsp3) is 0.833. The highest BCUT2D eigenvalue weighted by Gasteiger charge is 1.91. The Labute approximate surface area is 65.1 Å². The van der Waals surface area contributed by atoms with Gasteiger partial charge in [-0.05, 0) is 19.1 Å². The van der Waals surface area contributed by atoms with Crippen molar-refractivity contribution >= 4 is 17.5 Å². The summed E-state index contributed by atoms with van der Waals surface area (Å²) in [6, 6.07) is 0. The van der Waals surface area contributed by atoms with Crippen molar-refractivity contribution in [2.45, 2.75) is 13.3 Å². The average molecular weight is 163 g/mol. The van der Waals surface area contributed by atoms with E-state index in [9.17, 15) is 0 Å². The zero-order valence-electron chi connectivity index (χ0n) is 6.08. The molecule has 0 aliphatic heterocycles. The number of oxime groups is 1. The molecule has 0 saturated carbocycles. The van der Waals surface area contributed by atoms with Gasteiger partial charge in [-0.2, -0.15) is 11.8 Å². The number of rotatable bonds is 5. The number of aliphatic hydroxyl groups is 1. The molecular weight excluding hydrogens is 150 g/mol. The Kier molecular flexibility index (Phi) is 6.74. The molecule has 0 aromatic carbocycles. The van der Waals surface area contributed by atoms with Crippen molar-refractivity contribution in [2.75, 3.05) is 18.1 Å². The third kappa shape index (κ3) is 5.91. The molecule has 0 rings (SSSR count). The molecule has 4 heteroatoms. The molecule has 0 saturated heterocycles. The third-order valence-corrected chi connectivity index (χ3v) is 2.13. The molecule has 3 nitrogen and oxygen atoms in total. The fourth-order valence-corrected chi connectivity index (χ4v) is 1.25. The predicted octanol–water partition coefficient (Wildman–Crippen LogP) is 0.952. The van der Waals surface area contributed by atoms with Crippen molar-refractivity contribution in [1.82, 2.24) is 0 Å². The van der Waals surface area contributed by atoms with Crippen molar-refractivity contribution in [1.29, 1.82) is 0 Å². The minimum Gasteiger partial charge on any atom is -0.411 e. The summed E-state index contributed by atoms with van der Waals surface area (Å²) in [5, 5.41) is 19.6. The van der Waals surface area contributed by atoms with E-state index in [1.165, 1.54) is 0 Å². The molecule has 0 amide bonds. The molecule has 0 aromatic rings. The second-order valence-corrected chi connectivity index (χ2v) is 3.07. The molecule has 0 atom stereocenters. The van der Waals surface area contributed by atoms with Gasteiger partial charge in [-0.1, -0.05) is 5.16 Å². The molecule has 0 aliphatic rings. The predicted molar refractivity (Wildman–Crippen MR) is 43.9 cm³/mol. The van der Waals surface area contributed by atoms with Crippen LogP contribution in [0.4, 0.5) is 0 Å². The lowest BCUT2D eigenvalue weighted by molar-refractivity contribution is 0.296. The van der Waals surface area contributed by atoms with E-state index in [4.69, 9.17) is 10.3 Å². The minimum atomic E-state index is 0.238. The van der Waals surface area contributed by atoms with E-state index < -0.39 is 0 Å². The van der Waals surface area contributed by atoms with Gasteiger partial charge in [0.1, 0.15) is 0 Å².